The van der Waals surface area contributed by atoms with Crippen molar-refractivity contribution in [3.8, 4) is 5.75 Å². The Morgan fingerprint density at radius 3 is 2.54 bits per heavy atom. The number of nitrogens with zero attached hydrogens (tertiary/aromatic N) is 1. The van der Waals surface area contributed by atoms with Gasteiger partial charge in [-0.15, -0.1) is 0 Å². The highest BCUT2D eigenvalue weighted by atomic mass is 32.2. The normalized spacial score (nSPS) is 16.3. The number of methoxy groups -OCH3 is 1. The van der Waals surface area contributed by atoms with Gasteiger partial charge in [-0.05, 0) is 32.4 Å². The largest absolute Gasteiger partial charge is 0.496 e. The Labute approximate surface area is 170 Å². The van der Waals surface area contributed by atoms with Gasteiger partial charge in [-0.3, -0.25) is 4.90 Å². The van der Waals surface area contributed by atoms with Gasteiger partial charge in [0.05, 0.1) is 7.11 Å². The molecule has 1 atom stereocenters. The van der Waals surface area contributed by atoms with E-state index < -0.39 is 23.7 Å². The second-order valence-corrected chi connectivity index (χ2v) is 9.00. The average Bonchev–Trinajstić information content (AvgIpc) is 2.60. The Bertz CT molecular complexity index is 684. The number of ether oxygens (including phenoxy) is 2. The van der Waals surface area contributed by atoms with Crippen molar-refractivity contribution < 1.29 is 24.2 Å². The summed E-state index contributed by atoms with van der Waals surface area (Å²) in [6.45, 7) is 8.01. The molecule has 1 saturated heterocycles. The molecule has 0 aliphatic carbocycles. The van der Waals surface area contributed by atoms with Crippen molar-refractivity contribution in [2.24, 2.45) is 0 Å². The van der Waals surface area contributed by atoms with Gasteiger partial charge in [0.15, 0.2) is 0 Å². The maximum absolute atomic E-state index is 12.0. The highest BCUT2D eigenvalue weighted by Gasteiger charge is 2.24. The van der Waals surface area contributed by atoms with Crippen LogP contribution in [-0.2, 0) is 22.5 Å². The number of alkyl carbamates (subject to hydrolysis) is 1. The summed E-state index contributed by atoms with van der Waals surface area (Å²) in [5.41, 5.74) is 1.16. The number of nitrogens with one attached hydrogen (secondary N) is 1. The predicted molar refractivity (Wildman–Crippen MR) is 110 cm³/mol. The second-order valence-electron chi connectivity index (χ2n) is 7.78. The number of hydrogen-bond acceptors (Lipinski definition) is 6. The molecule has 28 heavy (non-hydrogen) atoms. The molecule has 0 radical (unpaired) electrons. The zero-order valence-electron chi connectivity index (χ0n) is 17.0. The molecule has 1 fully saturated rings. The molecule has 1 aliphatic heterocycles. The van der Waals surface area contributed by atoms with E-state index >= 15 is 0 Å². The van der Waals surface area contributed by atoms with Crippen molar-refractivity contribution in [1.29, 1.82) is 0 Å². The summed E-state index contributed by atoms with van der Waals surface area (Å²) in [6, 6.07) is 4.59. The third-order valence-corrected chi connectivity index (χ3v) is 5.21. The fourth-order valence-electron chi connectivity index (χ4n) is 2.97. The molecule has 0 aromatic heterocycles. The van der Waals surface area contributed by atoms with Gasteiger partial charge in [0.2, 0.25) is 0 Å². The van der Waals surface area contributed by atoms with Crippen LogP contribution in [0.15, 0.2) is 18.2 Å². The van der Waals surface area contributed by atoms with Gasteiger partial charge < -0.3 is 19.9 Å². The first-order valence-corrected chi connectivity index (χ1v) is 10.5. The number of thioether (sulfide) groups is 1. The molecule has 1 aromatic rings. The van der Waals surface area contributed by atoms with Crippen LogP contribution in [0.4, 0.5) is 4.79 Å². The Morgan fingerprint density at radius 2 is 1.96 bits per heavy atom. The molecule has 1 unspecified atom stereocenters. The molecular formula is C20H30N2O5S. The van der Waals surface area contributed by atoms with Crippen LogP contribution in [0, 0.1) is 0 Å². The van der Waals surface area contributed by atoms with Crippen LogP contribution in [0.1, 0.15) is 31.9 Å². The number of carboxylic acid groups (broad SMARTS) is 1. The lowest BCUT2D eigenvalue weighted by atomic mass is 10.0. The van der Waals surface area contributed by atoms with Crippen molar-refractivity contribution >= 4 is 23.8 Å². The standard InChI is InChI=1S/C20H30N2O5S/c1-20(2,3)27-19(25)21-16(18(23)24)12-14-5-6-17(26-4)15(11-14)13-22-7-9-28-10-8-22/h5-6,11,16H,7-10,12-13H2,1-4H3,(H,21,25)(H,23,24). The van der Waals surface area contributed by atoms with E-state index in [1.165, 1.54) is 0 Å². The summed E-state index contributed by atoms with van der Waals surface area (Å²) in [5, 5.41) is 12.0. The van der Waals surface area contributed by atoms with Crippen molar-refractivity contribution in [2.75, 3.05) is 31.7 Å². The fraction of sp³-hybridized carbons (Fsp3) is 0.600. The van der Waals surface area contributed by atoms with Crippen molar-refractivity contribution in [1.82, 2.24) is 10.2 Å². The van der Waals surface area contributed by atoms with Crippen molar-refractivity contribution in [2.45, 2.75) is 45.4 Å². The number of hydrogen-bond donors (Lipinski definition) is 2. The summed E-state index contributed by atoms with van der Waals surface area (Å²) in [7, 11) is 1.63. The molecule has 0 saturated carbocycles. The summed E-state index contributed by atoms with van der Waals surface area (Å²) >= 11 is 1.95. The third kappa shape index (κ3) is 7.24. The van der Waals surface area contributed by atoms with Crippen LogP contribution in [0.25, 0.3) is 0 Å². The fourth-order valence-corrected chi connectivity index (χ4v) is 3.95. The van der Waals surface area contributed by atoms with Gasteiger partial charge in [0, 0.05) is 43.1 Å². The van der Waals surface area contributed by atoms with E-state index in [1.807, 2.05) is 30.0 Å². The van der Waals surface area contributed by atoms with Gasteiger partial charge in [0.1, 0.15) is 17.4 Å². The van der Waals surface area contributed by atoms with Gasteiger partial charge in [-0.2, -0.15) is 11.8 Å². The van der Waals surface area contributed by atoms with E-state index in [0.717, 1.165) is 48.0 Å². The topological polar surface area (TPSA) is 88.1 Å². The number of aliphatic carboxylic acids is 1. The number of carbonyl (C=O) groups is 2. The lowest BCUT2D eigenvalue weighted by Crippen LogP contribution is -2.44. The minimum Gasteiger partial charge on any atom is -0.496 e. The molecule has 0 spiro atoms. The predicted octanol–water partition coefficient (Wildman–Crippen LogP) is 2.76. The number of carboxylic acids is 1. The van der Waals surface area contributed by atoms with Gasteiger partial charge in [-0.25, -0.2) is 9.59 Å². The Hall–Kier alpha value is -1.93. The lowest BCUT2D eigenvalue weighted by molar-refractivity contribution is -0.139. The van der Waals surface area contributed by atoms with Crippen LogP contribution in [0.2, 0.25) is 0 Å². The van der Waals surface area contributed by atoms with Crippen molar-refractivity contribution in [3.05, 3.63) is 29.3 Å². The van der Waals surface area contributed by atoms with Crippen LogP contribution < -0.4 is 10.1 Å². The quantitative estimate of drug-likeness (QED) is 0.714. The Kier molecular flexibility index (Phi) is 8.00. The summed E-state index contributed by atoms with van der Waals surface area (Å²) in [4.78, 5) is 26.0. The van der Waals surface area contributed by atoms with Crippen LogP contribution >= 0.6 is 11.8 Å². The van der Waals surface area contributed by atoms with E-state index in [0.29, 0.717) is 0 Å². The Morgan fingerprint density at radius 1 is 1.29 bits per heavy atom. The lowest BCUT2D eigenvalue weighted by Gasteiger charge is -2.27. The highest BCUT2D eigenvalue weighted by molar-refractivity contribution is 7.99. The van der Waals surface area contributed by atoms with Crippen LogP contribution in [0.5, 0.6) is 5.75 Å². The molecule has 8 heteroatoms. The van der Waals surface area contributed by atoms with Crippen LogP contribution in [-0.4, -0.2) is 65.4 Å². The molecule has 1 aromatic carbocycles. The molecule has 2 rings (SSSR count). The molecular weight excluding hydrogens is 380 g/mol. The molecule has 7 nitrogen and oxygen atoms in total. The van der Waals surface area contributed by atoms with E-state index in [1.54, 1.807) is 27.9 Å². The van der Waals surface area contributed by atoms with Crippen molar-refractivity contribution in [3.63, 3.8) is 0 Å². The monoisotopic (exact) mass is 410 g/mol. The zero-order chi connectivity index (χ0) is 20.7. The van der Waals surface area contributed by atoms with Crippen LogP contribution in [0.3, 0.4) is 0 Å². The Balaban J connectivity index is 2.10. The first-order valence-electron chi connectivity index (χ1n) is 9.36. The number of benzene rings is 1. The molecule has 1 aliphatic rings. The summed E-state index contributed by atoms with van der Waals surface area (Å²) in [6.07, 6.45) is -0.569. The smallest absolute Gasteiger partial charge is 0.408 e. The van der Waals surface area contributed by atoms with E-state index in [9.17, 15) is 14.7 Å². The first kappa shape index (κ1) is 22.4. The van der Waals surface area contributed by atoms with Gasteiger partial charge in [-0.1, -0.05) is 12.1 Å². The SMILES string of the molecule is COc1ccc(CC(NC(=O)OC(C)(C)C)C(=O)O)cc1CN1CCSCC1. The van der Waals surface area contributed by atoms with Gasteiger partial charge >= 0.3 is 12.1 Å². The minimum atomic E-state index is -1.10. The second kappa shape index (κ2) is 10.0. The van der Waals surface area contributed by atoms with E-state index in [2.05, 4.69) is 10.2 Å². The first-order chi connectivity index (χ1) is 13.2. The number of amides is 1. The van der Waals surface area contributed by atoms with E-state index in [4.69, 9.17) is 9.47 Å². The average molecular weight is 411 g/mol. The maximum atomic E-state index is 12.0. The summed E-state index contributed by atoms with van der Waals surface area (Å²) < 4.78 is 10.7. The zero-order valence-corrected chi connectivity index (χ0v) is 17.8. The van der Waals surface area contributed by atoms with Gasteiger partial charge in [0.25, 0.3) is 0 Å². The molecule has 1 heterocycles. The molecule has 2 N–H and O–H groups in total. The molecule has 1 amide bonds. The van der Waals surface area contributed by atoms with E-state index in [-0.39, 0.29) is 6.42 Å². The highest BCUT2D eigenvalue weighted by Crippen LogP contribution is 2.24. The molecule has 156 valence electrons. The minimum absolute atomic E-state index is 0.168. The number of rotatable bonds is 7. The maximum Gasteiger partial charge on any atom is 0.408 e. The molecule has 0 bridgehead atoms. The summed E-state index contributed by atoms with van der Waals surface area (Å²) in [5.74, 6) is 1.91. The number of carbonyl (C=O) groups excluding carboxylic acids is 1. The third-order valence-electron chi connectivity index (χ3n) is 4.27.